The quantitative estimate of drug-likeness (QED) is 0.398. The van der Waals surface area contributed by atoms with Gasteiger partial charge in [0.2, 0.25) is 5.91 Å². The molecular weight excluding hydrogens is 406 g/mol. The Morgan fingerprint density at radius 1 is 1.00 bits per heavy atom. The van der Waals surface area contributed by atoms with Gasteiger partial charge in [0.05, 0.1) is 23.6 Å². The van der Waals surface area contributed by atoms with Crippen molar-refractivity contribution in [3.63, 3.8) is 0 Å². The summed E-state index contributed by atoms with van der Waals surface area (Å²) < 4.78 is 2.14. The first-order chi connectivity index (χ1) is 16.2. The Hall–Kier alpha value is -3.40. The molecule has 33 heavy (non-hydrogen) atoms. The number of nitrogens with zero attached hydrogens (tertiary/aromatic N) is 3. The lowest BCUT2D eigenvalue weighted by molar-refractivity contribution is -0.136. The van der Waals surface area contributed by atoms with Crippen molar-refractivity contribution in [1.82, 2.24) is 14.5 Å². The summed E-state index contributed by atoms with van der Waals surface area (Å²) in [5.74, 6) is 1.62. The minimum absolute atomic E-state index is 0.0659. The van der Waals surface area contributed by atoms with Crippen LogP contribution in [0, 0.1) is 5.92 Å². The van der Waals surface area contributed by atoms with Crippen molar-refractivity contribution in [3.8, 4) is 0 Å². The highest BCUT2D eigenvalue weighted by Crippen LogP contribution is 2.50. The minimum Gasteiger partial charge on any atom is -0.330 e. The van der Waals surface area contributed by atoms with Crippen LogP contribution in [0.1, 0.15) is 53.7 Å². The van der Waals surface area contributed by atoms with E-state index in [-0.39, 0.29) is 17.9 Å². The van der Waals surface area contributed by atoms with Crippen LogP contribution >= 0.6 is 0 Å². The van der Waals surface area contributed by atoms with Crippen LogP contribution in [0.3, 0.4) is 0 Å². The Labute approximate surface area is 194 Å². The van der Waals surface area contributed by atoms with E-state index in [1.54, 1.807) is 0 Å². The lowest BCUT2D eigenvalue weighted by atomic mass is 9.86. The Kier molecular flexibility index (Phi) is 5.01. The number of imidazole rings is 1. The Morgan fingerprint density at radius 2 is 1.76 bits per heavy atom. The number of hydrogen-bond acceptors (Lipinski definition) is 2. The molecule has 1 saturated carbocycles. The molecule has 1 fully saturated rings. The van der Waals surface area contributed by atoms with Crippen LogP contribution in [0.2, 0.25) is 0 Å². The number of carbonyl (C=O) groups excluding carboxylic acids is 1. The van der Waals surface area contributed by atoms with E-state index in [9.17, 15) is 4.79 Å². The zero-order chi connectivity index (χ0) is 22.4. The predicted molar refractivity (Wildman–Crippen MR) is 131 cm³/mol. The molecular formula is C29H29N3O. The molecule has 4 aromatic rings. The summed E-state index contributed by atoms with van der Waals surface area (Å²) in [7, 11) is 2.06. The number of aromatic nitrogens is 2. The standard InChI is InChI=1S/C29H29N3O/c1-31-27-16-8-7-15-25(27)30-28(31)19-32(26-17-9-13-20-12-5-6-14-22(20)26)29(33)24-18-23(24)21-10-3-2-4-11-21/h2-8,10-12,14-16,23-24,26H,9,13,17-19H2,1H3. The van der Waals surface area contributed by atoms with Crippen molar-refractivity contribution < 1.29 is 4.79 Å². The molecule has 0 aliphatic heterocycles. The highest BCUT2D eigenvalue weighted by atomic mass is 16.2. The smallest absolute Gasteiger partial charge is 0.227 e. The second-order valence-electron chi connectivity index (χ2n) is 9.51. The van der Waals surface area contributed by atoms with Crippen LogP contribution in [-0.2, 0) is 24.8 Å². The van der Waals surface area contributed by atoms with Gasteiger partial charge in [-0.3, -0.25) is 4.79 Å². The maximum absolute atomic E-state index is 14.0. The molecule has 4 nitrogen and oxygen atoms in total. The largest absolute Gasteiger partial charge is 0.330 e. The second-order valence-corrected chi connectivity index (χ2v) is 9.51. The number of amides is 1. The molecule has 166 valence electrons. The third-order valence-electron chi connectivity index (χ3n) is 7.52. The highest BCUT2D eigenvalue weighted by Gasteiger charge is 2.47. The minimum atomic E-state index is 0.0659. The molecule has 1 heterocycles. The SMILES string of the molecule is Cn1c(CN(C(=O)C2CC2c2ccccc2)C2CCCc3ccccc32)nc2ccccc21. The predicted octanol–water partition coefficient (Wildman–Crippen LogP) is 5.78. The van der Waals surface area contributed by atoms with Gasteiger partial charge in [-0.25, -0.2) is 4.98 Å². The fourth-order valence-electron chi connectivity index (χ4n) is 5.63. The highest BCUT2D eigenvalue weighted by molar-refractivity contribution is 5.84. The van der Waals surface area contributed by atoms with Crippen LogP contribution in [0.15, 0.2) is 78.9 Å². The van der Waals surface area contributed by atoms with Gasteiger partial charge in [-0.05, 0) is 60.4 Å². The van der Waals surface area contributed by atoms with Crippen LogP contribution in [0.5, 0.6) is 0 Å². The van der Waals surface area contributed by atoms with E-state index < -0.39 is 0 Å². The van der Waals surface area contributed by atoms with Crippen LogP contribution < -0.4 is 0 Å². The number of fused-ring (bicyclic) bond motifs is 2. The monoisotopic (exact) mass is 435 g/mol. The van der Waals surface area contributed by atoms with Crippen molar-refractivity contribution in [2.45, 2.75) is 44.2 Å². The molecule has 3 atom stereocenters. The Balaban J connectivity index is 1.36. The van der Waals surface area contributed by atoms with Crippen molar-refractivity contribution in [2.24, 2.45) is 13.0 Å². The number of hydrogen-bond donors (Lipinski definition) is 0. The lowest BCUT2D eigenvalue weighted by Crippen LogP contribution is -2.38. The van der Waals surface area contributed by atoms with Gasteiger partial charge >= 0.3 is 0 Å². The molecule has 6 rings (SSSR count). The van der Waals surface area contributed by atoms with Crippen molar-refractivity contribution >= 4 is 16.9 Å². The first-order valence-electron chi connectivity index (χ1n) is 12.0. The molecule has 2 aliphatic carbocycles. The zero-order valence-corrected chi connectivity index (χ0v) is 19.0. The van der Waals surface area contributed by atoms with Crippen molar-refractivity contribution in [2.75, 3.05) is 0 Å². The third-order valence-corrected chi connectivity index (χ3v) is 7.52. The molecule has 0 N–H and O–H groups in total. The molecule has 0 spiro atoms. The summed E-state index contributed by atoms with van der Waals surface area (Å²) in [6.45, 7) is 0.543. The molecule has 3 aromatic carbocycles. The van der Waals surface area contributed by atoms with Gasteiger partial charge in [0.1, 0.15) is 5.82 Å². The summed E-state index contributed by atoms with van der Waals surface area (Å²) >= 11 is 0. The van der Waals surface area contributed by atoms with E-state index in [2.05, 4.69) is 71.1 Å². The van der Waals surface area contributed by atoms with Gasteiger partial charge in [0.15, 0.2) is 0 Å². The fraction of sp³-hybridized carbons (Fsp3) is 0.310. The molecule has 2 aliphatic rings. The van der Waals surface area contributed by atoms with Gasteiger partial charge in [-0.15, -0.1) is 0 Å². The summed E-state index contributed by atoms with van der Waals surface area (Å²) in [6, 6.07) is 27.5. The van der Waals surface area contributed by atoms with Gasteiger partial charge in [-0.2, -0.15) is 0 Å². The average molecular weight is 436 g/mol. The Morgan fingerprint density at radius 3 is 2.61 bits per heavy atom. The van der Waals surface area contributed by atoms with Crippen molar-refractivity contribution in [3.05, 3.63) is 101 Å². The third kappa shape index (κ3) is 3.64. The molecule has 0 saturated heterocycles. The Bertz CT molecular complexity index is 1310. The summed E-state index contributed by atoms with van der Waals surface area (Å²) in [5, 5.41) is 0. The summed E-state index contributed by atoms with van der Waals surface area (Å²) in [4.78, 5) is 21.1. The fourth-order valence-corrected chi connectivity index (χ4v) is 5.63. The molecule has 1 amide bonds. The van der Waals surface area contributed by atoms with E-state index >= 15 is 0 Å². The molecule has 3 unspecified atom stereocenters. The lowest BCUT2D eigenvalue weighted by Gasteiger charge is -2.36. The van der Waals surface area contributed by atoms with Crippen LogP contribution in [0.4, 0.5) is 0 Å². The van der Waals surface area contributed by atoms with Crippen LogP contribution in [0.25, 0.3) is 11.0 Å². The van der Waals surface area contributed by atoms with Gasteiger partial charge < -0.3 is 9.47 Å². The van der Waals surface area contributed by atoms with E-state index in [1.807, 2.05) is 24.3 Å². The van der Waals surface area contributed by atoms with E-state index in [0.29, 0.717) is 12.5 Å². The van der Waals surface area contributed by atoms with Gasteiger partial charge in [-0.1, -0.05) is 66.7 Å². The first-order valence-corrected chi connectivity index (χ1v) is 12.0. The maximum Gasteiger partial charge on any atom is 0.227 e. The topological polar surface area (TPSA) is 38.1 Å². The summed E-state index contributed by atoms with van der Waals surface area (Å²) in [5.41, 5.74) is 6.07. The molecule has 0 bridgehead atoms. The summed E-state index contributed by atoms with van der Waals surface area (Å²) in [6.07, 6.45) is 4.16. The number of aryl methyl sites for hydroxylation is 2. The molecule has 4 heteroatoms. The van der Waals surface area contributed by atoms with E-state index in [0.717, 1.165) is 42.5 Å². The zero-order valence-electron chi connectivity index (χ0n) is 19.0. The number of benzene rings is 3. The van der Waals surface area contributed by atoms with E-state index in [1.165, 1.54) is 16.7 Å². The molecule has 1 aromatic heterocycles. The number of rotatable bonds is 5. The maximum atomic E-state index is 14.0. The van der Waals surface area contributed by atoms with E-state index in [4.69, 9.17) is 4.98 Å². The normalized spacial score (nSPS) is 21.5. The number of para-hydroxylation sites is 2. The average Bonchev–Trinajstić information content (AvgIpc) is 3.61. The van der Waals surface area contributed by atoms with Gasteiger partial charge in [0, 0.05) is 13.0 Å². The van der Waals surface area contributed by atoms with Gasteiger partial charge in [0.25, 0.3) is 0 Å². The van der Waals surface area contributed by atoms with Crippen LogP contribution in [-0.4, -0.2) is 20.4 Å². The van der Waals surface area contributed by atoms with Crippen molar-refractivity contribution in [1.29, 1.82) is 0 Å². The second kappa shape index (κ2) is 8.18. The number of carbonyl (C=O) groups is 1. The first kappa shape index (κ1) is 20.2. The molecule has 0 radical (unpaired) electrons.